The van der Waals surface area contributed by atoms with Gasteiger partial charge in [0, 0.05) is 19.8 Å². The Hall–Kier alpha value is -2.95. The normalized spacial score (nSPS) is 12.3. The van der Waals surface area contributed by atoms with Crippen molar-refractivity contribution in [2.24, 2.45) is 0 Å². The minimum atomic E-state index is -4.67. The minimum absolute atomic E-state index is 0.108. The molecule has 0 aliphatic carbocycles. The number of nitrogens with zero attached hydrogens (tertiary/aromatic N) is 3. The van der Waals surface area contributed by atoms with Crippen LogP contribution >= 0.6 is 0 Å². The molecule has 0 aliphatic heterocycles. The zero-order chi connectivity index (χ0) is 19.5. The Morgan fingerprint density at radius 1 is 1.31 bits per heavy atom. The van der Waals surface area contributed by atoms with Gasteiger partial charge < -0.3 is 14.2 Å². The second-order valence-electron chi connectivity index (χ2n) is 5.96. The van der Waals surface area contributed by atoms with E-state index in [1.807, 2.05) is 0 Å². The second kappa shape index (κ2) is 7.52. The van der Waals surface area contributed by atoms with Crippen LogP contribution in [0.1, 0.15) is 23.8 Å². The van der Waals surface area contributed by atoms with E-state index >= 15 is 0 Å². The van der Waals surface area contributed by atoms with Gasteiger partial charge in [-0.25, -0.2) is 0 Å². The van der Waals surface area contributed by atoms with Gasteiger partial charge in [0.2, 0.25) is 5.91 Å². The van der Waals surface area contributed by atoms with Crippen molar-refractivity contribution >= 4 is 11.6 Å². The summed E-state index contributed by atoms with van der Waals surface area (Å²) in [7, 11) is 3.15. The predicted molar refractivity (Wildman–Crippen MR) is 89.2 cm³/mol. The van der Waals surface area contributed by atoms with Crippen molar-refractivity contribution in [3.63, 3.8) is 0 Å². The predicted octanol–water partition coefficient (Wildman–Crippen LogP) is 3.65. The van der Waals surface area contributed by atoms with E-state index in [-0.39, 0.29) is 18.1 Å². The van der Waals surface area contributed by atoms with Crippen LogP contribution in [0.3, 0.4) is 0 Å². The number of alkyl halides is 3. The fourth-order valence-corrected chi connectivity index (χ4v) is 2.57. The first-order chi connectivity index (χ1) is 12.1. The van der Waals surface area contributed by atoms with Gasteiger partial charge in [-0.05, 0) is 37.3 Å². The molecule has 1 heterocycles. The second-order valence-corrected chi connectivity index (χ2v) is 5.96. The van der Waals surface area contributed by atoms with E-state index in [0.717, 1.165) is 12.1 Å². The Morgan fingerprint density at radius 2 is 2.00 bits per heavy atom. The SMILES string of the molecule is CC(C(=O)N(C)C)N(Cc1ccco1)c1ccc(C#N)c(C(F)(F)F)c1. The van der Waals surface area contributed by atoms with E-state index in [9.17, 15) is 18.0 Å². The number of benzene rings is 1. The van der Waals surface area contributed by atoms with E-state index in [4.69, 9.17) is 9.68 Å². The van der Waals surface area contributed by atoms with Crippen molar-refractivity contribution in [3.05, 3.63) is 53.5 Å². The molecule has 8 heteroatoms. The van der Waals surface area contributed by atoms with Gasteiger partial charge in [-0.15, -0.1) is 0 Å². The molecule has 0 fully saturated rings. The van der Waals surface area contributed by atoms with Crippen LogP contribution in [0.15, 0.2) is 41.0 Å². The van der Waals surface area contributed by atoms with Crippen LogP contribution < -0.4 is 4.90 Å². The molecule has 0 spiro atoms. The number of carbonyl (C=O) groups excluding carboxylic acids is 1. The number of hydrogen-bond acceptors (Lipinski definition) is 4. The van der Waals surface area contributed by atoms with Crippen LogP contribution in [0.2, 0.25) is 0 Å². The molecule has 26 heavy (non-hydrogen) atoms. The standard InChI is InChI=1S/C18H18F3N3O2/c1-12(17(25)23(2)3)24(11-15-5-4-8-26-15)14-7-6-13(10-22)16(9-14)18(19,20)21/h4-9,12H,11H2,1-3H3. The highest BCUT2D eigenvalue weighted by Gasteiger charge is 2.35. The molecule has 1 aromatic heterocycles. The van der Waals surface area contributed by atoms with Crippen molar-refractivity contribution in [2.75, 3.05) is 19.0 Å². The van der Waals surface area contributed by atoms with Gasteiger partial charge in [0.25, 0.3) is 0 Å². The van der Waals surface area contributed by atoms with E-state index in [2.05, 4.69) is 0 Å². The lowest BCUT2D eigenvalue weighted by Gasteiger charge is -2.32. The van der Waals surface area contributed by atoms with E-state index in [1.54, 1.807) is 39.2 Å². The first-order valence-electron chi connectivity index (χ1n) is 7.76. The molecule has 2 aromatic rings. The van der Waals surface area contributed by atoms with E-state index in [0.29, 0.717) is 5.76 Å². The van der Waals surface area contributed by atoms with Gasteiger partial charge in [0.05, 0.1) is 30.0 Å². The molecule has 1 aromatic carbocycles. The molecule has 0 N–H and O–H groups in total. The Morgan fingerprint density at radius 3 is 2.50 bits per heavy atom. The number of carbonyl (C=O) groups is 1. The summed E-state index contributed by atoms with van der Waals surface area (Å²) in [5.41, 5.74) is -1.33. The van der Waals surface area contributed by atoms with E-state index in [1.165, 1.54) is 22.1 Å². The van der Waals surface area contributed by atoms with Gasteiger partial charge in [-0.1, -0.05) is 0 Å². The van der Waals surface area contributed by atoms with Crippen LogP contribution in [-0.2, 0) is 17.5 Å². The average Bonchev–Trinajstić information content (AvgIpc) is 3.10. The van der Waals surface area contributed by atoms with Crippen LogP contribution in [-0.4, -0.2) is 30.9 Å². The van der Waals surface area contributed by atoms with Crippen LogP contribution in [0.4, 0.5) is 18.9 Å². The number of rotatable bonds is 5. The maximum atomic E-state index is 13.3. The fourth-order valence-electron chi connectivity index (χ4n) is 2.57. The van der Waals surface area contributed by atoms with Crippen molar-refractivity contribution in [1.82, 2.24) is 4.90 Å². The molecule has 0 bridgehead atoms. The first kappa shape index (κ1) is 19.4. The number of furan rings is 1. The minimum Gasteiger partial charge on any atom is -0.467 e. The molecule has 1 unspecified atom stereocenters. The largest absolute Gasteiger partial charge is 0.467 e. The van der Waals surface area contributed by atoms with Crippen molar-refractivity contribution < 1.29 is 22.4 Å². The zero-order valence-electron chi connectivity index (χ0n) is 14.5. The van der Waals surface area contributed by atoms with Crippen molar-refractivity contribution in [1.29, 1.82) is 5.26 Å². The summed E-state index contributed by atoms with van der Waals surface area (Å²) in [6.45, 7) is 1.72. The lowest BCUT2D eigenvalue weighted by Crippen LogP contribution is -2.44. The number of likely N-dealkylation sites (N-methyl/N-ethyl adjacent to an activating group) is 1. The van der Waals surface area contributed by atoms with Crippen LogP contribution in [0, 0.1) is 11.3 Å². The third kappa shape index (κ3) is 4.17. The zero-order valence-corrected chi connectivity index (χ0v) is 14.5. The van der Waals surface area contributed by atoms with Gasteiger partial charge in [-0.2, -0.15) is 18.4 Å². The highest BCUT2D eigenvalue weighted by Crippen LogP contribution is 2.35. The number of nitriles is 1. The van der Waals surface area contributed by atoms with E-state index < -0.39 is 23.3 Å². The van der Waals surface area contributed by atoms with Gasteiger partial charge in [0.1, 0.15) is 11.8 Å². The molecular formula is C18H18F3N3O2. The summed E-state index contributed by atoms with van der Waals surface area (Å²) in [6.07, 6.45) is -3.22. The molecule has 0 radical (unpaired) electrons. The summed E-state index contributed by atoms with van der Waals surface area (Å²) >= 11 is 0. The maximum Gasteiger partial charge on any atom is 0.417 e. The van der Waals surface area contributed by atoms with Crippen molar-refractivity contribution in [3.8, 4) is 6.07 Å². The average molecular weight is 365 g/mol. The van der Waals surface area contributed by atoms with Gasteiger partial charge in [-0.3, -0.25) is 4.79 Å². The number of hydrogen-bond donors (Lipinski definition) is 0. The molecule has 0 aliphatic rings. The molecule has 2 rings (SSSR count). The van der Waals surface area contributed by atoms with Gasteiger partial charge in [0.15, 0.2) is 0 Å². The Balaban J connectivity index is 2.51. The molecule has 5 nitrogen and oxygen atoms in total. The monoisotopic (exact) mass is 365 g/mol. The maximum absolute atomic E-state index is 13.3. The highest BCUT2D eigenvalue weighted by molar-refractivity contribution is 5.84. The smallest absolute Gasteiger partial charge is 0.417 e. The molecule has 0 saturated heterocycles. The molecule has 1 amide bonds. The quantitative estimate of drug-likeness (QED) is 0.811. The number of anilines is 1. The Labute approximate surface area is 149 Å². The number of amides is 1. The lowest BCUT2D eigenvalue weighted by molar-refractivity contribution is -0.137. The third-order valence-electron chi connectivity index (χ3n) is 3.93. The summed E-state index contributed by atoms with van der Waals surface area (Å²) in [5, 5.41) is 8.95. The summed E-state index contributed by atoms with van der Waals surface area (Å²) < 4.78 is 45.1. The molecule has 0 saturated carbocycles. The fraction of sp³-hybridized carbons (Fsp3) is 0.333. The number of halogens is 3. The Bertz CT molecular complexity index is 808. The summed E-state index contributed by atoms with van der Waals surface area (Å²) in [5.74, 6) is 0.232. The van der Waals surface area contributed by atoms with Crippen LogP contribution in [0.5, 0.6) is 0 Å². The lowest BCUT2D eigenvalue weighted by atomic mass is 10.1. The van der Waals surface area contributed by atoms with Crippen LogP contribution in [0.25, 0.3) is 0 Å². The molecular weight excluding hydrogens is 347 g/mol. The molecule has 138 valence electrons. The van der Waals surface area contributed by atoms with Gasteiger partial charge >= 0.3 is 6.18 Å². The summed E-state index contributed by atoms with van der Waals surface area (Å²) in [6, 6.07) is 7.55. The Kier molecular flexibility index (Phi) is 5.60. The highest BCUT2D eigenvalue weighted by atomic mass is 19.4. The third-order valence-corrected chi connectivity index (χ3v) is 3.93. The first-order valence-corrected chi connectivity index (χ1v) is 7.76. The van der Waals surface area contributed by atoms with Crippen molar-refractivity contribution in [2.45, 2.75) is 25.7 Å². The molecule has 1 atom stereocenters. The topological polar surface area (TPSA) is 60.5 Å². The summed E-state index contributed by atoms with van der Waals surface area (Å²) in [4.78, 5) is 15.3.